The largest absolute Gasteiger partial charge is 0.497 e. The monoisotopic (exact) mass is 345 g/mol. The Morgan fingerprint density at radius 1 is 1.24 bits per heavy atom. The van der Waals surface area contributed by atoms with Gasteiger partial charge in [0.25, 0.3) is 11.5 Å². The van der Waals surface area contributed by atoms with Gasteiger partial charge >= 0.3 is 0 Å². The SMILES string of the molecule is CCCn1nc(C(=O)NC(C)c2ccc(OC)cc2OC)ccc1=O. The molecule has 0 aliphatic rings. The lowest BCUT2D eigenvalue weighted by molar-refractivity contribution is 0.0931. The molecule has 134 valence electrons. The van der Waals surface area contributed by atoms with Crippen LogP contribution in [0.25, 0.3) is 0 Å². The molecule has 7 nitrogen and oxygen atoms in total. The van der Waals surface area contributed by atoms with Gasteiger partial charge in [0.2, 0.25) is 0 Å². The number of methoxy groups -OCH3 is 2. The molecule has 0 radical (unpaired) electrons. The normalized spacial score (nSPS) is 11.7. The first-order valence-corrected chi connectivity index (χ1v) is 8.11. The topological polar surface area (TPSA) is 82.5 Å². The smallest absolute Gasteiger partial charge is 0.272 e. The highest BCUT2D eigenvalue weighted by Crippen LogP contribution is 2.29. The number of amides is 1. The summed E-state index contributed by atoms with van der Waals surface area (Å²) in [4.78, 5) is 24.2. The van der Waals surface area contributed by atoms with Gasteiger partial charge in [0.1, 0.15) is 17.2 Å². The summed E-state index contributed by atoms with van der Waals surface area (Å²) < 4.78 is 11.8. The van der Waals surface area contributed by atoms with E-state index < -0.39 is 0 Å². The second-order valence-corrected chi connectivity index (χ2v) is 5.58. The molecule has 7 heteroatoms. The number of carbonyl (C=O) groups is 1. The third-order valence-electron chi connectivity index (χ3n) is 3.79. The van der Waals surface area contributed by atoms with Crippen molar-refractivity contribution in [2.75, 3.05) is 14.2 Å². The number of carbonyl (C=O) groups excluding carboxylic acids is 1. The molecular formula is C18H23N3O4. The predicted octanol–water partition coefficient (Wildman–Crippen LogP) is 2.16. The molecule has 0 saturated heterocycles. The molecule has 0 fully saturated rings. The van der Waals surface area contributed by atoms with Gasteiger partial charge in [-0.05, 0) is 31.5 Å². The third kappa shape index (κ3) is 4.37. The van der Waals surface area contributed by atoms with Crippen LogP contribution in [0.15, 0.2) is 35.1 Å². The maximum absolute atomic E-state index is 12.5. The Kier molecular flexibility index (Phi) is 6.16. The summed E-state index contributed by atoms with van der Waals surface area (Å²) in [6.45, 7) is 4.27. The van der Waals surface area contributed by atoms with E-state index in [-0.39, 0.29) is 23.2 Å². The van der Waals surface area contributed by atoms with E-state index in [2.05, 4.69) is 10.4 Å². The van der Waals surface area contributed by atoms with Crippen LogP contribution in [0.3, 0.4) is 0 Å². The summed E-state index contributed by atoms with van der Waals surface area (Å²) in [6, 6.07) is 7.89. The van der Waals surface area contributed by atoms with Crippen molar-refractivity contribution in [3.63, 3.8) is 0 Å². The second kappa shape index (κ2) is 8.32. The van der Waals surface area contributed by atoms with Crippen molar-refractivity contribution in [2.45, 2.75) is 32.9 Å². The average molecular weight is 345 g/mol. The van der Waals surface area contributed by atoms with Gasteiger partial charge in [0.05, 0.1) is 20.3 Å². The van der Waals surface area contributed by atoms with E-state index in [1.807, 2.05) is 19.9 Å². The molecule has 0 aliphatic heterocycles. The summed E-state index contributed by atoms with van der Waals surface area (Å²) >= 11 is 0. The lowest BCUT2D eigenvalue weighted by Gasteiger charge is -2.18. The van der Waals surface area contributed by atoms with Crippen LogP contribution >= 0.6 is 0 Å². The Morgan fingerprint density at radius 3 is 2.64 bits per heavy atom. The van der Waals surface area contributed by atoms with Gasteiger partial charge in [-0.2, -0.15) is 5.10 Å². The number of nitrogens with zero attached hydrogens (tertiary/aromatic N) is 2. The van der Waals surface area contributed by atoms with Gasteiger partial charge in [0.15, 0.2) is 0 Å². The van der Waals surface area contributed by atoms with Crippen molar-refractivity contribution in [3.05, 3.63) is 51.9 Å². The minimum absolute atomic E-state index is 0.201. The van der Waals surface area contributed by atoms with Crippen molar-refractivity contribution < 1.29 is 14.3 Å². The number of aromatic nitrogens is 2. The molecule has 1 aromatic heterocycles. The molecule has 1 heterocycles. The van der Waals surface area contributed by atoms with Crippen LogP contribution in [0.1, 0.15) is 42.4 Å². The van der Waals surface area contributed by atoms with Crippen LogP contribution in [0.2, 0.25) is 0 Å². The van der Waals surface area contributed by atoms with Gasteiger partial charge in [-0.1, -0.05) is 6.92 Å². The van der Waals surface area contributed by atoms with E-state index in [4.69, 9.17) is 9.47 Å². The highest BCUT2D eigenvalue weighted by molar-refractivity contribution is 5.92. The van der Waals surface area contributed by atoms with Crippen LogP contribution in [0.4, 0.5) is 0 Å². The van der Waals surface area contributed by atoms with E-state index >= 15 is 0 Å². The van der Waals surface area contributed by atoms with Crippen molar-refractivity contribution in [3.8, 4) is 11.5 Å². The molecule has 1 unspecified atom stereocenters. The van der Waals surface area contributed by atoms with E-state index in [0.29, 0.717) is 18.0 Å². The van der Waals surface area contributed by atoms with Crippen molar-refractivity contribution in [1.29, 1.82) is 0 Å². The van der Waals surface area contributed by atoms with Crippen molar-refractivity contribution in [2.24, 2.45) is 0 Å². The van der Waals surface area contributed by atoms with Gasteiger partial charge in [-0.25, -0.2) is 4.68 Å². The predicted molar refractivity (Wildman–Crippen MR) is 94.2 cm³/mol. The van der Waals surface area contributed by atoms with Crippen LogP contribution < -0.4 is 20.3 Å². The van der Waals surface area contributed by atoms with E-state index in [1.165, 1.54) is 16.8 Å². The quantitative estimate of drug-likeness (QED) is 0.831. The Morgan fingerprint density at radius 2 is 2.00 bits per heavy atom. The van der Waals surface area contributed by atoms with Crippen LogP contribution in [-0.4, -0.2) is 29.9 Å². The number of nitrogens with one attached hydrogen (secondary N) is 1. The highest BCUT2D eigenvalue weighted by atomic mass is 16.5. The zero-order chi connectivity index (χ0) is 18.4. The fraction of sp³-hybridized carbons (Fsp3) is 0.389. The first-order chi connectivity index (χ1) is 12.0. The molecule has 0 spiro atoms. The highest BCUT2D eigenvalue weighted by Gasteiger charge is 2.17. The number of hydrogen-bond acceptors (Lipinski definition) is 5. The first-order valence-electron chi connectivity index (χ1n) is 8.11. The Labute approximate surface area is 146 Å². The fourth-order valence-corrected chi connectivity index (χ4v) is 2.47. The van der Waals surface area contributed by atoms with Crippen molar-refractivity contribution >= 4 is 5.91 Å². The number of rotatable bonds is 7. The molecular weight excluding hydrogens is 322 g/mol. The molecule has 1 amide bonds. The summed E-state index contributed by atoms with van der Waals surface area (Å²) in [5.74, 6) is 0.943. The Balaban J connectivity index is 2.20. The molecule has 1 N–H and O–H groups in total. The fourth-order valence-electron chi connectivity index (χ4n) is 2.47. The zero-order valence-electron chi connectivity index (χ0n) is 14.9. The number of aryl methyl sites for hydroxylation is 1. The summed E-state index contributed by atoms with van der Waals surface area (Å²) in [5.41, 5.74) is 0.800. The van der Waals surface area contributed by atoms with Gasteiger partial charge in [-0.15, -0.1) is 0 Å². The standard InChI is InChI=1S/C18H23N3O4/c1-5-10-21-17(22)9-8-15(20-21)18(23)19-12(2)14-7-6-13(24-3)11-16(14)25-4/h6-9,11-12H,5,10H2,1-4H3,(H,19,23). The molecule has 0 bridgehead atoms. The Hall–Kier alpha value is -2.83. The molecule has 1 atom stereocenters. The first kappa shape index (κ1) is 18.5. The minimum atomic E-state index is -0.352. The Bertz CT molecular complexity index is 801. The van der Waals surface area contributed by atoms with E-state index in [9.17, 15) is 9.59 Å². The molecule has 2 aromatic rings. The maximum atomic E-state index is 12.5. The molecule has 2 rings (SSSR count). The van der Waals surface area contributed by atoms with Crippen molar-refractivity contribution in [1.82, 2.24) is 15.1 Å². The molecule has 0 saturated carbocycles. The molecule has 1 aromatic carbocycles. The second-order valence-electron chi connectivity index (χ2n) is 5.58. The molecule has 25 heavy (non-hydrogen) atoms. The average Bonchev–Trinajstić information content (AvgIpc) is 2.62. The maximum Gasteiger partial charge on any atom is 0.272 e. The number of hydrogen-bond donors (Lipinski definition) is 1. The van der Waals surface area contributed by atoms with Gasteiger partial charge in [-0.3, -0.25) is 9.59 Å². The van der Waals surface area contributed by atoms with Crippen LogP contribution in [-0.2, 0) is 6.54 Å². The van der Waals surface area contributed by atoms with Gasteiger partial charge < -0.3 is 14.8 Å². The lowest BCUT2D eigenvalue weighted by Crippen LogP contribution is -2.31. The number of ether oxygens (including phenoxy) is 2. The third-order valence-corrected chi connectivity index (χ3v) is 3.79. The minimum Gasteiger partial charge on any atom is -0.497 e. The molecule has 0 aliphatic carbocycles. The summed E-state index contributed by atoms with van der Waals surface area (Å²) in [6.07, 6.45) is 0.761. The van der Waals surface area contributed by atoms with Crippen LogP contribution in [0, 0.1) is 0 Å². The van der Waals surface area contributed by atoms with E-state index in [0.717, 1.165) is 12.0 Å². The summed E-state index contributed by atoms with van der Waals surface area (Å²) in [5, 5.41) is 7.00. The lowest BCUT2D eigenvalue weighted by atomic mass is 10.1. The van der Waals surface area contributed by atoms with Gasteiger partial charge in [0, 0.05) is 24.2 Å². The zero-order valence-corrected chi connectivity index (χ0v) is 14.9. The number of benzene rings is 1. The van der Waals surface area contributed by atoms with E-state index in [1.54, 1.807) is 26.4 Å². The summed E-state index contributed by atoms with van der Waals surface area (Å²) in [7, 11) is 3.14. The van der Waals surface area contributed by atoms with Crippen LogP contribution in [0.5, 0.6) is 11.5 Å².